The highest BCUT2D eigenvalue weighted by Crippen LogP contribution is 2.27. The Labute approximate surface area is 95.6 Å². The monoisotopic (exact) mass is 213 g/mol. The molecule has 0 unspecified atom stereocenters. The van der Waals surface area contributed by atoms with Gasteiger partial charge in [0.25, 0.3) is 0 Å². The fourth-order valence-corrected chi connectivity index (χ4v) is 1.85. The van der Waals surface area contributed by atoms with Crippen LogP contribution in [0.1, 0.15) is 16.7 Å². The van der Waals surface area contributed by atoms with Gasteiger partial charge in [0.15, 0.2) is 0 Å². The van der Waals surface area contributed by atoms with E-state index < -0.39 is 0 Å². The van der Waals surface area contributed by atoms with E-state index in [1.165, 1.54) is 11.1 Å². The van der Waals surface area contributed by atoms with E-state index >= 15 is 0 Å². The number of nitrogens with zero attached hydrogens (tertiary/aromatic N) is 1. The number of pyridine rings is 1. The predicted molar refractivity (Wildman–Crippen MR) is 65.1 cm³/mol. The topological polar surface area (TPSA) is 33.1 Å². The number of aryl methyl sites for hydroxylation is 1. The number of benzene rings is 1. The van der Waals surface area contributed by atoms with Crippen molar-refractivity contribution in [3.63, 3.8) is 0 Å². The van der Waals surface area contributed by atoms with Crippen molar-refractivity contribution in [2.24, 2.45) is 0 Å². The Kier molecular flexibility index (Phi) is 3.02. The third-order valence-corrected chi connectivity index (χ3v) is 2.98. The minimum absolute atomic E-state index is 0.0469. The summed E-state index contributed by atoms with van der Waals surface area (Å²) in [6, 6.07) is 8.05. The largest absolute Gasteiger partial charge is 0.392 e. The van der Waals surface area contributed by atoms with Crippen molar-refractivity contribution in [3.8, 4) is 11.1 Å². The van der Waals surface area contributed by atoms with Gasteiger partial charge in [-0.25, -0.2) is 0 Å². The number of hydrogen-bond acceptors (Lipinski definition) is 2. The van der Waals surface area contributed by atoms with Gasteiger partial charge in [0.1, 0.15) is 0 Å². The summed E-state index contributed by atoms with van der Waals surface area (Å²) in [5.74, 6) is 0. The minimum atomic E-state index is 0.0469. The first-order valence-electron chi connectivity index (χ1n) is 5.34. The third kappa shape index (κ3) is 1.84. The van der Waals surface area contributed by atoms with Crippen molar-refractivity contribution in [1.29, 1.82) is 0 Å². The van der Waals surface area contributed by atoms with Crippen LogP contribution in [0.25, 0.3) is 11.1 Å². The van der Waals surface area contributed by atoms with E-state index in [0.717, 1.165) is 16.7 Å². The standard InChI is InChI=1S/C14H15NO/c1-10-4-3-5-13(11(10)2)14-8-15-7-6-12(14)9-16/h3-8,16H,9H2,1-2H3. The number of hydrogen-bond donors (Lipinski definition) is 1. The first-order valence-corrected chi connectivity index (χ1v) is 5.34. The molecule has 16 heavy (non-hydrogen) atoms. The molecule has 1 aromatic heterocycles. The first kappa shape index (κ1) is 10.8. The molecule has 0 radical (unpaired) electrons. The van der Waals surface area contributed by atoms with E-state index in [1.807, 2.05) is 18.3 Å². The molecule has 82 valence electrons. The smallest absolute Gasteiger partial charge is 0.0689 e. The second-order valence-electron chi connectivity index (χ2n) is 3.94. The summed E-state index contributed by atoms with van der Waals surface area (Å²) in [4.78, 5) is 4.13. The van der Waals surface area contributed by atoms with Crippen LogP contribution in [-0.2, 0) is 6.61 Å². The minimum Gasteiger partial charge on any atom is -0.392 e. The highest BCUT2D eigenvalue weighted by Gasteiger charge is 2.07. The normalized spacial score (nSPS) is 10.4. The summed E-state index contributed by atoms with van der Waals surface area (Å²) in [6.45, 7) is 4.23. The molecule has 1 N–H and O–H groups in total. The molecule has 1 aromatic carbocycles. The van der Waals surface area contributed by atoms with Crippen LogP contribution in [0.15, 0.2) is 36.7 Å². The fourth-order valence-electron chi connectivity index (χ4n) is 1.85. The molecule has 1 heterocycles. The number of aliphatic hydroxyl groups is 1. The summed E-state index contributed by atoms with van der Waals surface area (Å²) in [7, 11) is 0. The van der Waals surface area contributed by atoms with Crippen molar-refractivity contribution in [3.05, 3.63) is 53.3 Å². The van der Waals surface area contributed by atoms with E-state index in [9.17, 15) is 5.11 Å². The van der Waals surface area contributed by atoms with E-state index in [1.54, 1.807) is 6.20 Å². The lowest BCUT2D eigenvalue weighted by Crippen LogP contribution is -1.93. The Hall–Kier alpha value is -1.67. The molecule has 0 atom stereocenters. The van der Waals surface area contributed by atoms with E-state index in [4.69, 9.17) is 0 Å². The average molecular weight is 213 g/mol. The van der Waals surface area contributed by atoms with Crippen LogP contribution < -0.4 is 0 Å². The highest BCUT2D eigenvalue weighted by atomic mass is 16.3. The quantitative estimate of drug-likeness (QED) is 0.832. The molecular formula is C14H15NO. The zero-order valence-corrected chi connectivity index (χ0v) is 9.57. The molecule has 2 rings (SSSR count). The molecule has 2 nitrogen and oxygen atoms in total. The van der Waals surface area contributed by atoms with Crippen molar-refractivity contribution in [2.45, 2.75) is 20.5 Å². The Balaban J connectivity index is 2.63. The van der Waals surface area contributed by atoms with Crippen LogP contribution >= 0.6 is 0 Å². The van der Waals surface area contributed by atoms with Crippen molar-refractivity contribution in [1.82, 2.24) is 4.98 Å². The summed E-state index contributed by atoms with van der Waals surface area (Å²) >= 11 is 0. The zero-order chi connectivity index (χ0) is 11.5. The number of aliphatic hydroxyl groups excluding tert-OH is 1. The molecule has 0 spiro atoms. The Morgan fingerprint density at radius 3 is 2.69 bits per heavy atom. The van der Waals surface area contributed by atoms with Gasteiger partial charge in [-0.2, -0.15) is 0 Å². The molecule has 0 aliphatic heterocycles. The molecule has 2 aromatic rings. The van der Waals surface area contributed by atoms with Crippen LogP contribution in [0.3, 0.4) is 0 Å². The van der Waals surface area contributed by atoms with Gasteiger partial charge in [-0.15, -0.1) is 0 Å². The number of aromatic nitrogens is 1. The Bertz CT molecular complexity index is 506. The fraction of sp³-hybridized carbons (Fsp3) is 0.214. The van der Waals surface area contributed by atoms with Crippen LogP contribution in [0.5, 0.6) is 0 Å². The van der Waals surface area contributed by atoms with Gasteiger partial charge in [-0.05, 0) is 42.2 Å². The van der Waals surface area contributed by atoms with Crippen LogP contribution in [0.4, 0.5) is 0 Å². The van der Waals surface area contributed by atoms with Gasteiger partial charge >= 0.3 is 0 Å². The van der Waals surface area contributed by atoms with Crippen molar-refractivity contribution in [2.75, 3.05) is 0 Å². The maximum absolute atomic E-state index is 9.31. The van der Waals surface area contributed by atoms with Crippen molar-refractivity contribution < 1.29 is 5.11 Å². The number of rotatable bonds is 2. The second-order valence-corrected chi connectivity index (χ2v) is 3.94. The van der Waals surface area contributed by atoms with Crippen LogP contribution in [-0.4, -0.2) is 10.1 Å². The molecule has 0 bridgehead atoms. The summed E-state index contributed by atoms with van der Waals surface area (Å²) in [5.41, 5.74) is 5.59. The molecule has 0 aliphatic carbocycles. The predicted octanol–water partition coefficient (Wildman–Crippen LogP) is 2.86. The SMILES string of the molecule is Cc1cccc(-c2cnccc2CO)c1C. The lowest BCUT2D eigenvalue weighted by Gasteiger charge is -2.11. The van der Waals surface area contributed by atoms with Gasteiger partial charge < -0.3 is 5.11 Å². The molecule has 0 aliphatic rings. The highest BCUT2D eigenvalue weighted by molar-refractivity contribution is 5.70. The Morgan fingerprint density at radius 1 is 1.12 bits per heavy atom. The summed E-state index contributed by atoms with van der Waals surface area (Å²) in [5, 5.41) is 9.31. The summed E-state index contributed by atoms with van der Waals surface area (Å²) in [6.07, 6.45) is 3.52. The van der Waals surface area contributed by atoms with Gasteiger partial charge in [0.05, 0.1) is 6.61 Å². The summed E-state index contributed by atoms with van der Waals surface area (Å²) < 4.78 is 0. The lowest BCUT2D eigenvalue weighted by molar-refractivity contribution is 0.282. The second kappa shape index (κ2) is 4.45. The molecule has 0 saturated heterocycles. The Morgan fingerprint density at radius 2 is 1.94 bits per heavy atom. The molecular weight excluding hydrogens is 198 g/mol. The van der Waals surface area contributed by atoms with Gasteiger partial charge in [-0.1, -0.05) is 18.2 Å². The van der Waals surface area contributed by atoms with Crippen LogP contribution in [0.2, 0.25) is 0 Å². The average Bonchev–Trinajstić information content (AvgIpc) is 2.33. The maximum Gasteiger partial charge on any atom is 0.0689 e. The van der Waals surface area contributed by atoms with E-state index in [-0.39, 0.29) is 6.61 Å². The molecule has 2 heteroatoms. The molecule has 0 saturated carbocycles. The molecule has 0 fully saturated rings. The zero-order valence-electron chi connectivity index (χ0n) is 9.57. The van der Waals surface area contributed by atoms with Gasteiger partial charge in [-0.3, -0.25) is 4.98 Å². The lowest BCUT2D eigenvalue weighted by atomic mass is 9.95. The van der Waals surface area contributed by atoms with Crippen molar-refractivity contribution >= 4 is 0 Å². The van der Waals surface area contributed by atoms with Gasteiger partial charge in [0.2, 0.25) is 0 Å². The maximum atomic E-state index is 9.31. The first-order chi connectivity index (χ1) is 7.74. The third-order valence-electron chi connectivity index (χ3n) is 2.98. The van der Waals surface area contributed by atoms with Gasteiger partial charge in [0, 0.05) is 18.0 Å². The van der Waals surface area contributed by atoms with E-state index in [0.29, 0.717) is 0 Å². The van der Waals surface area contributed by atoms with E-state index in [2.05, 4.69) is 31.0 Å². The van der Waals surface area contributed by atoms with Crippen LogP contribution in [0, 0.1) is 13.8 Å². The molecule has 0 amide bonds.